The maximum Gasteiger partial charge on any atom is 0.310 e. The van der Waals surface area contributed by atoms with Crippen LogP contribution in [-0.2, 0) is 16.0 Å². The molecule has 3 nitrogen and oxygen atoms in total. The summed E-state index contributed by atoms with van der Waals surface area (Å²) < 4.78 is 10.2. The van der Waals surface area contributed by atoms with Gasteiger partial charge in [0.2, 0.25) is 0 Å². The van der Waals surface area contributed by atoms with E-state index in [2.05, 4.69) is 4.74 Å². The van der Waals surface area contributed by atoms with Gasteiger partial charge < -0.3 is 9.47 Å². The highest BCUT2D eigenvalue weighted by Gasteiger charge is 2.16. The summed E-state index contributed by atoms with van der Waals surface area (Å²) in [6, 6.07) is 1.86. The Balaban J connectivity index is 3.23. The maximum absolute atomic E-state index is 11.4. The normalized spacial score (nSPS) is 10.2. The van der Waals surface area contributed by atoms with Gasteiger partial charge in [0.25, 0.3) is 0 Å². The molecule has 0 aliphatic carbocycles. The summed E-state index contributed by atoms with van der Waals surface area (Å²) >= 11 is 6.17. The van der Waals surface area contributed by atoms with Crippen LogP contribution >= 0.6 is 11.6 Å². The quantitative estimate of drug-likeness (QED) is 0.777. The molecule has 1 aromatic rings. The molecular formula is C13H17ClO3. The number of hydrogen-bond acceptors (Lipinski definition) is 3. The zero-order valence-corrected chi connectivity index (χ0v) is 11.4. The minimum atomic E-state index is -0.297. The first-order valence-corrected chi connectivity index (χ1v) is 5.87. The number of carbonyl (C=O) groups is 1. The summed E-state index contributed by atoms with van der Waals surface area (Å²) in [5, 5.41) is 0.673. The smallest absolute Gasteiger partial charge is 0.310 e. The fourth-order valence-electron chi connectivity index (χ4n) is 1.68. The molecule has 0 saturated carbocycles. The van der Waals surface area contributed by atoms with Crippen molar-refractivity contribution in [3.05, 3.63) is 27.8 Å². The number of aryl methyl sites for hydroxylation is 1. The zero-order chi connectivity index (χ0) is 13.0. The van der Waals surface area contributed by atoms with Crippen LogP contribution in [-0.4, -0.2) is 19.7 Å². The van der Waals surface area contributed by atoms with Gasteiger partial charge in [-0.05, 0) is 38.0 Å². The van der Waals surface area contributed by atoms with E-state index in [0.29, 0.717) is 17.4 Å². The Kier molecular flexibility index (Phi) is 4.82. The summed E-state index contributed by atoms with van der Waals surface area (Å²) in [7, 11) is 1.37. The van der Waals surface area contributed by atoms with Gasteiger partial charge in [-0.3, -0.25) is 4.79 Å². The van der Waals surface area contributed by atoms with E-state index in [-0.39, 0.29) is 12.4 Å². The number of hydrogen-bond donors (Lipinski definition) is 0. The molecule has 0 saturated heterocycles. The minimum Gasteiger partial charge on any atom is -0.494 e. The summed E-state index contributed by atoms with van der Waals surface area (Å²) in [5.41, 5.74) is 2.62. The lowest BCUT2D eigenvalue weighted by molar-refractivity contribution is -0.139. The van der Waals surface area contributed by atoms with Crippen LogP contribution in [0.5, 0.6) is 5.75 Å². The molecule has 0 N–H and O–H groups in total. The average molecular weight is 257 g/mol. The predicted octanol–water partition coefficient (Wildman–Crippen LogP) is 3.07. The van der Waals surface area contributed by atoms with Crippen molar-refractivity contribution in [2.45, 2.75) is 27.2 Å². The zero-order valence-electron chi connectivity index (χ0n) is 10.6. The van der Waals surface area contributed by atoms with Crippen molar-refractivity contribution in [1.82, 2.24) is 0 Å². The lowest BCUT2D eigenvalue weighted by Crippen LogP contribution is -2.09. The van der Waals surface area contributed by atoms with Crippen LogP contribution < -0.4 is 4.74 Å². The fraction of sp³-hybridized carbons (Fsp3) is 0.462. The third-order valence-electron chi connectivity index (χ3n) is 2.62. The van der Waals surface area contributed by atoms with Gasteiger partial charge in [-0.2, -0.15) is 0 Å². The molecule has 0 unspecified atom stereocenters. The minimum absolute atomic E-state index is 0.178. The molecule has 0 spiro atoms. The van der Waals surface area contributed by atoms with Gasteiger partial charge in [-0.25, -0.2) is 0 Å². The Morgan fingerprint density at radius 2 is 2.06 bits per heavy atom. The first-order chi connectivity index (χ1) is 8.01. The molecule has 0 aliphatic heterocycles. The molecule has 0 fully saturated rings. The molecule has 4 heteroatoms. The standard InChI is InChI=1S/C13H17ClO3/c1-5-17-11-6-8(2)13(14)9(3)10(11)7-12(15)16-4/h6H,5,7H2,1-4H3. The van der Waals surface area contributed by atoms with E-state index in [1.54, 1.807) is 0 Å². The lowest BCUT2D eigenvalue weighted by Gasteiger charge is -2.15. The van der Waals surface area contributed by atoms with Crippen molar-refractivity contribution >= 4 is 17.6 Å². The summed E-state index contributed by atoms with van der Waals surface area (Å²) in [4.78, 5) is 11.4. The van der Waals surface area contributed by atoms with Crippen LogP contribution in [0.15, 0.2) is 6.07 Å². The van der Waals surface area contributed by atoms with Crippen molar-refractivity contribution < 1.29 is 14.3 Å². The second-order valence-electron chi connectivity index (χ2n) is 3.80. The predicted molar refractivity (Wildman–Crippen MR) is 67.8 cm³/mol. The Hall–Kier alpha value is -1.22. The van der Waals surface area contributed by atoms with Crippen LogP contribution in [0.25, 0.3) is 0 Å². The average Bonchev–Trinajstić information content (AvgIpc) is 2.31. The van der Waals surface area contributed by atoms with Crippen LogP contribution in [0.4, 0.5) is 0 Å². The number of halogens is 1. The number of esters is 1. The number of carbonyl (C=O) groups excluding carboxylic acids is 1. The van der Waals surface area contributed by atoms with Crippen molar-refractivity contribution in [2.75, 3.05) is 13.7 Å². The Bertz CT molecular complexity index is 427. The van der Waals surface area contributed by atoms with Crippen molar-refractivity contribution in [3.63, 3.8) is 0 Å². The summed E-state index contributed by atoms with van der Waals surface area (Å²) in [6.45, 7) is 6.26. The summed E-state index contributed by atoms with van der Waals surface area (Å²) in [5.74, 6) is 0.409. The molecule has 0 aliphatic rings. The SMILES string of the molecule is CCOc1cc(C)c(Cl)c(C)c1CC(=O)OC. The topological polar surface area (TPSA) is 35.5 Å². The second kappa shape index (κ2) is 5.92. The molecule has 0 radical (unpaired) electrons. The Morgan fingerprint density at radius 3 is 2.59 bits per heavy atom. The Morgan fingerprint density at radius 1 is 1.41 bits per heavy atom. The van der Waals surface area contributed by atoms with Crippen molar-refractivity contribution in [3.8, 4) is 5.75 Å². The van der Waals surface area contributed by atoms with Gasteiger partial charge in [0.1, 0.15) is 5.75 Å². The van der Waals surface area contributed by atoms with Gasteiger partial charge in [-0.15, -0.1) is 0 Å². The van der Waals surface area contributed by atoms with E-state index < -0.39 is 0 Å². The third-order valence-corrected chi connectivity index (χ3v) is 3.20. The molecule has 1 rings (SSSR count). The molecule has 0 aromatic heterocycles. The number of ether oxygens (including phenoxy) is 2. The highest BCUT2D eigenvalue weighted by Crippen LogP contribution is 2.32. The van der Waals surface area contributed by atoms with Crippen LogP contribution in [0, 0.1) is 13.8 Å². The third kappa shape index (κ3) is 3.13. The molecule has 0 atom stereocenters. The number of benzene rings is 1. The van der Waals surface area contributed by atoms with E-state index in [9.17, 15) is 4.79 Å². The Labute approximate surface area is 107 Å². The summed E-state index contributed by atoms with van der Waals surface area (Å²) in [6.07, 6.45) is 0.178. The van der Waals surface area contributed by atoms with Crippen molar-refractivity contribution in [1.29, 1.82) is 0 Å². The van der Waals surface area contributed by atoms with E-state index in [0.717, 1.165) is 16.7 Å². The van der Waals surface area contributed by atoms with E-state index >= 15 is 0 Å². The molecular weight excluding hydrogens is 240 g/mol. The first-order valence-electron chi connectivity index (χ1n) is 5.49. The van der Waals surface area contributed by atoms with Gasteiger partial charge in [0.15, 0.2) is 0 Å². The first kappa shape index (κ1) is 13.8. The molecule has 1 aromatic carbocycles. The lowest BCUT2D eigenvalue weighted by atomic mass is 10.0. The number of rotatable bonds is 4. The maximum atomic E-state index is 11.4. The monoisotopic (exact) mass is 256 g/mol. The van der Waals surface area contributed by atoms with Gasteiger partial charge in [-0.1, -0.05) is 11.6 Å². The van der Waals surface area contributed by atoms with E-state index in [4.69, 9.17) is 16.3 Å². The van der Waals surface area contributed by atoms with Crippen LogP contribution in [0.3, 0.4) is 0 Å². The molecule has 0 heterocycles. The highest BCUT2D eigenvalue weighted by atomic mass is 35.5. The largest absolute Gasteiger partial charge is 0.494 e. The molecule has 17 heavy (non-hydrogen) atoms. The van der Waals surface area contributed by atoms with E-state index in [1.165, 1.54) is 7.11 Å². The van der Waals surface area contributed by atoms with Crippen molar-refractivity contribution in [2.24, 2.45) is 0 Å². The van der Waals surface area contributed by atoms with E-state index in [1.807, 2.05) is 26.8 Å². The molecule has 0 amide bonds. The molecule has 94 valence electrons. The van der Waals surface area contributed by atoms with Gasteiger partial charge in [0.05, 0.1) is 20.1 Å². The van der Waals surface area contributed by atoms with Gasteiger partial charge >= 0.3 is 5.97 Å². The molecule has 0 bridgehead atoms. The van der Waals surface area contributed by atoms with Crippen LogP contribution in [0.1, 0.15) is 23.6 Å². The highest BCUT2D eigenvalue weighted by molar-refractivity contribution is 6.32. The number of methoxy groups -OCH3 is 1. The van der Waals surface area contributed by atoms with Crippen LogP contribution in [0.2, 0.25) is 5.02 Å². The second-order valence-corrected chi connectivity index (χ2v) is 4.17. The van der Waals surface area contributed by atoms with Gasteiger partial charge in [0, 0.05) is 10.6 Å². The fourth-order valence-corrected chi connectivity index (χ4v) is 1.85.